The number of nitrogens with zero attached hydrogens (tertiary/aromatic N) is 1. The smallest absolute Gasteiger partial charge is 0.311 e. The molecule has 7 nitrogen and oxygen atoms in total. The molecule has 0 heterocycles. The molecule has 1 aromatic carbocycles. The first-order valence-electron chi connectivity index (χ1n) is 6.67. The van der Waals surface area contributed by atoms with Gasteiger partial charge in [0.05, 0.1) is 4.92 Å². The lowest BCUT2D eigenvalue weighted by Gasteiger charge is -2.15. The van der Waals surface area contributed by atoms with Crippen LogP contribution in [0.25, 0.3) is 0 Å². The number of benzene rings is 1. The number of ether oxygens (including phenoxy) is 1. The van der Waals surface area contributed by atoms with Crippen LogP contribution in [0.1, 0.15) is 37.0 Å². The number of rotatable bonds is 8. The SMILES string of the molecule is CCC(CC)NC(=O)COc1ccc(C=O)cc1[N+](=O)[O-]. The molecule has 1 aromatic rings. The number of hydrogen-bond donors (Lipinski definition) is 1. The standard InChI is InChI=1S/C14H18N2O5/c1-3-11(4-2)15-14(18)9-21-13-6-5-10(8-17)7-12(13)16(19)20/h5-8,11H,3-4,9H2,1-2H3,(H,15,18). The molecule has 0 aliphatic carbocycles. The lowest BCUT2D eigenvalue weighted by Crippen LogP contribution is -2.37. The fraction of sp³-hybridized carbons (Fsp3) is 0.429. The van der Waals surface area contributed by atoms with Crippen molar-refractivity contribution in [3.05, 3.63) is 33.9 Å². The zero-order chi connectivity index (χ0) is 15.8. The molecule has 1 amide bonds. The summed E-state index contributed by atoms with van der Waals surface area (Å²) in [6, 6.07) is 3.88. The van der Waals surface area contributed by atoms with Crippen LogP contribution in [-0.2, 0) is 4.79 Å². The van der Waals surface area contributed by atoms with Gasteiger partial charge in [-0.15, -0.1) is 0 Å². The van der Waals surface area contributed by atoms with Crippen LogP contribution in [0.5, 0.6) is 5.75 Å². The topological polar surface area (TPSA) is 98.5 Å². The molecule has 0 unspecified atom stereocenters. The molecule has 0 fully saturated rings. The molecular weight excluding hydrogens is 276 g/mol. The number of nitro benzene ring substituents is 1. The second-order valence-electron chi connectivity index (χ2n) is 4.47. The Morgan fingerprint density at radius 1 is 1.43 bits per heavy atom. The Morgan fingerprint density at radius 2 is 2.10 bits per heavy atom. The van der Waals surface area contributed by atoms with Crippen molar-refractivity contribution >= 4 is 17.9 Å². The Morgan fingerprint density at radius 3 is 2.62 bits per heavy atom. The lowest BCUT2D eigenvalue weighted by molar-refractivity contribution is -0.385. The van der Waals surface area contributed by atoms with Gasteiger partial charge in [0.25, 0.3) is 5.91 Å². The van der Waals surface area contributed by atoms with Crippen molar-refractivity contribution in [3.8, 4) is 5.75 Å². The van der Waals surface area contributed by atoms with Gasteiger partial charge < -0.3 is 10.1 Å². The maximum Gasteiger partial charge on any atom is 0.311 e. The van der Waals surface area contributed by atoms with Crippen molar-refractivity contribution in [1.29, 1.82) is 0 Å². The van der Waals surface area contributed by atoms with E-state index in [0.29, 0.717) is 6.29 Å². The van der Waals surface area contributed by atoms with Crippen LogP contribution in [0.15, 0.2) is 18.2 Å². The maximum absolute atomic E-state index is 11.7. The highest BCUT2D eigenvalue weighted by Crippen LogP contribution is 2.27. The quantitative estimate of drug-likeness (QED) is 0.449. The van der Waals surface area contributed by atoms with Gasteiger partial charge in [-0.1, -0.05) is 13.8 Å². The van der Waals surface area contributed by atoms with Crippen LogP contribution in [-0.4, -0.2) is 29.8 Å². The highest BCUT2D eigenvalue weighted by Gasteiger charge is 2.17. The first kappa shape index (κ1) is 16.6. The number of amides is 1. The summed E-state index contributed by atoms with van der Waals surface area (Å²) in [6.07, 6.45) is 2.11. The largest absolute Gasteiger partial charge is 0.477 e. The fourth-order valence-electron chi connectivity index (χ4n) is 1.78. The van der Waals surface area contributed by atoms with Gasteiger partial charge in [-0.25, -0.2) is 0 Å². The van der Waals surface area contributed by atoms with Crippen LogP contribution in [0.2, 0.25) is 0 Å². The van der Waals surface area contributed by atoms with E-state index in [4.69, 9.17) is 4.74 Å². The minimum Gasteiger partial charge on any atom is -0.477 e. The Bertz CT molecular complexity index is 526. The molecule has 0 spiro atoms. The van der Waals surface area contributed by atoms with E-state index in [-0.39, 0.29) is 35.6 Å². The predicted octanol–water partition coefficient (Wildman–Crippen LogP) is 2.09. The van der Waals surface area contributed by atoms with Crippen LogP contribution < -0.4 is 10.1 Å². The second kappa shape index (κ2) is 7.98. The molecule has 114 valence electrons. The molecule has 0 aromatic heterocycles. The second-order valence-corrected chi connectivity index (χ2v) is 4.47. The van der Waals surface area contributed by atoms with Crippen molar-refractivity contribution in [3.63, 3.8) is 0 Å². The van der Waals surface area contributed by atoms with Crippen molar-refractivity contribution < 1.29 is 19.2 Å². The van der Waals surface area contributed by atoms with Gasteiger partial charge in [0, 0.05) is 17.7 Å². The third-order valence-corrected chi connectivity index (χ3v) is 3.03. The first-order valence-corrected chi connectivity index (χ1v) is 6.67. The van der Waals surface area contributed by atoms with E-state index in [1.54, 1.807) is 0 Å². The Balaban J connectivity index is 2.73. The summed E-state index contributed by atoms with van der Waals surface area (Å²) < 4.78 is 5.18. The van der Waals surface area contributed by atoms with E-state index in [2.05, 4.69) is 5.32 Å². The molecule has 0 radical (unpaired) electrons. The normalized spacial score (nSPS) is 10.2. The van der Waals surface area contributed by atoms with Gasteiger partial charge in [-0.05, 0) is 25.0 Å². The summed E-state index contributed by atoms with van der Waals surface area (Å²) in [5.74, 6) is -0.372. The average molecular weight is 294 g/mol. The minimum atomic E-state index is -0.652. The maximum atomic E-state index is 11.7. The summed E-state index contributed by atoms with van der Waals surface area (Å²) in [6.45, 7) is 3.61. The lowest BCUT2D eigenvalue weighted by atomic mass is 10.2. The third kappa shape index (κ3) is 4.87. The summed E-state index contributed by atoms with van der Waals surface area (Å²) >= 11 is 0. The van der Waals surface area contributed by atoms with Gasteiger partial charge in [0.15, 0.2) is 12.4 Å². The molecular formula is C14H18N2O5. The molecule has 0 bridgehead atoms. The van der Waals surface area contributed by atoms with E-state index in [1.807, 2.05) is 13.8 Å². The van der Waals surface area contributed by atoms with Crippen LogP contribution in [0.3, 0.4) is 0 Å². The third-order valence-electron chi connectivity index (χ3n) is 3.03. The average Bonchev–Trinajstić information content (AvgIpc) is 2.50. The van der Waals surface area contributed by atoms with Crippen LogP contribution >= 0.6 is 0 Å². The number of carbonyl (C=O) groups is 2. The van der Waals surface area contributed by atoms with Gasteiger partial charge in [-0.2, -0.15) is 0 Å². The van der Waals surface area contributed by atoms with Gasteiger partial charge in [-0.3, -0.25) is 19.7 Å². The molecule has 1 N–H and O–H groups in total. The molecule has 1 rings (SSSR count). The summed E-state index contributed by atoms with van der Waals surface area (Å²) in [5, 5.41) is 13.7. The molecule has 0 saturated heterocycles. The van der Waals surface area contributed by atoms with Crippen molar-refractivity contribution in [1.82, 2.24) is 5.32 Å². The minimum absolute atomic E-state index is 0.0368. The van der Waals surface area contributed by atoms with Crippen molar-refractivity contribution in [2.24, 2.45) is 0 Å². The summed E-state index contributed by atoms with van der Waals surface area (Å²) in [4.78, 5) is 32.6. The number of nitro groups is 1. The van der Waals surface area contributed by atoms with Crippen molar-refractivity contribution in [2.75, 3.05) is 6.61 Å². The molecule has 7 heteroatoms. The van der Waals surface area contributed by atoms with Gasteiger partial charge >= 0.3 is 5.69 Å². The zero-order valence-corrected chi connectivity index (χ0v) is 12.0. The Kier molecular flexibility index (Phi) is 6.32. The van der Waals surface area contributed by atoms with Crippen molar-refractivity contribution in [2.45, 2.75) is 32.7 Å². The number of aldehydes is 1. The highest BCUT2D eigenvalue weighted by molar-refractivity contribution is 5.79. The Labute approximate surface area is 122 Å². The van der Waals surface area contributed by atoms with Gasteiger partial charge in [0.1, 0.15) is 6.29 Å². The number of nitrogens with one attached hydrogen (secondary N) is 1. The molecule has 21 heavy (non-hydrogen) atoms. The Hall–Kier alpha value is -2.44. The predicted molar refractivity (Wildman–Crippen MR) is 76.5 cm³/mol. The monoisotopic (exact) mass is 294 g/mol. The zero-order valence-electron chi connectivity index (χ0n) is 12.0. The summed E-state index contributed by atoms with van der Waals surface area (Å²) in [5.41, 5.74) is -0.162. The van der Waals surface area contributed by atoms with E-state index in [9.17, 15) is 19.7 Å². The fourth-order valence-corrected chi connectivity index (χ4v) is 1.78. The first-order chi connectivity index (χ1) is 10.0. The van der Waals surface area contributed by atoms with E-state index >= 15 is 0 Å². The van der Waals surface area contributed by atoms with E-state index < -0.39 is 4.92 Å². The van der Waals surface area contributed by atoms with Gasteiger partial charge in [0.2, 0.25) is 0 Å². The van der Waals surface area contributed by atoms with Crippen LogP contribution in [0, 0.1) is 10.1 Å². The van der Waals surface area contributed by atoms with E-state index in [1.165, 1.54) is 12.1 Å². The number of hydrogen-bond acceptors (Lipinski definition) is 5. The molecule has 0 saturated carbocycles. The molecule has 0 aliphatic heterocycles. The number of carbonyl (C=O) groups excluding carboxylic acids is 2. The summed E-state index contributed by atoms with van der Waals surface area (Å²) in [7, 11) is 0. The van der Waals surface area contributed by atoms with Crippen LogP contribution in [0.4, 0.5) is 5.69 Å². The molecule has 0 aliphatic rings. The highest BCUT2D eigenvalue weighted by atomic mass is 16.6. The van der Waals surface area contributed by atoms with E-state index in [0.717, 1.165) is 18.9 Å². The molecule has 0 atom stereocenters.